The largest absolute Gasteiger partial charge is 0.298 e. The van der Waals surface area contributed by atoms with Gasteiger partial charge in [0.05, 0.1) is 5.02 Å². The predicted octanol–water partition coefficient (Wildman–Crippen LogP) is 3.05. The summed E-state index contributed by atoms with van der Waals surface area (Å²) in [5.74, 6) is 0. The first-order valence-electron chi connectivity index (χ1n) is 3.08. The van der Waals surface area contributed by atoms with E-state index in [9.17, 15) is 4.79 Å². The van der Waals surface area contributed by atoms with Gasteiger partial charge in [0, 0.05) is 10.9 Å². The minimum atomic E-state index is 0.541. The van der Waals surface area contributed by atoms with Crippen molar-refractivity contribution >= 4 is 33.8 Å². The lowest BCUT2D eigenvalue weighted by molar-refractivity contribution is 0.112. The van der Waals surface area contributed by atoms with Gasteiger partial charge in [-0.1, -0.05) is 45.7 Å². The molecule has 0 saturated carbocycles. The first kappa shape index (κ1) is 8.75. The quantitative estimate of drug-likeness (QED) is 0.567. The number of aldehydes is 1. The molecule has 0 unspecified atom stereocenters. The van der Waals surface area contributed by atoms with Crippen LogP contribution in [0.3, 0.4) is 0 Å². The Kier molecular flexibility index (Phi) is 3.09. The molecule has 0 bridgehead atoms. The minimum absolute atomic E-state index is 0.541. The summed E-state index contributed by atoms with van der Waals surface area (Å²) in [7, 11) is 0. The molecule has 0 saturated heterocycles. The number of hydrogen-bond acceptors (Lipinski definition) is 1. The van der Waals surface area contributed by atoms with Gasteiger partial charge in [-0.25, -0.2) is 0 Å². The van der Waals surface area contributed by atoms with Gasteiger partial charge >= 0.3 is 0 Å². The second-order valence-electron chi connectivity index (χ2n) is 2.07. The van der Waals surface area contributed by atoms with Crippen molar-refractivity contribution in [1.29, 1.82) is 0 Å². The summed E-state index contributed by atoms with van der Waals surface area (Å²) < 4.78 is 0. The summed E-state index contributed by atoms with van der Waals surface area (Å²) >= 11 is 9.12. The highest BCUT2D eigenvalue weighted by Gasteiger charge is 2.02. The lowest BCUT2D eigenvalue weighted by atomic mass is 10.1. The summed E-state index contributed by atoms with van der Waals surface area (Å²) in [6.07, 6.45) is 0.758. The summed E-state index contributed by atoms with van der Waals surface area (Å²) in [5, 5.41) is 1.22. The SMILES string of the molecule is O=Cc1cccc(CBr)c1Cl. The van der Waals surface area contributed by atoms with E-state index in [0.717, 1.165) is 11.8 Å². The summed E-state index contributed by atoms with van der Waals surface area (Å²) in [6.45, 7) is 0. The maximum atomic E-state index is 10.4. The van der Waals surface area contributed by atoms with E-state index in [1.807, 2.05) is 12.1 Å². The van der Waals surface area contributed by atoms with E-state index >= 15 is 0 Å². The van der Waals surface area contributed by atoms with Gasteiger partial charge in [0.1, 0.15) is 0 Å². The molecule has 3 heteroatoms. The van der Waals surface area contributed by atoms with Gasteiger partial charge in [-0.2, -0.15) is 0 Å². The number of carbonyl (C=O) groups excluding carboxylic acids is 1. The molecule has 1 aromatic carbocycles. The van der Waals surface area contributed by atoms with Crippen molar-refractivity contribution in [1.82, 2.24) is 0 Å². The topological polar surface area (TPSA) is 17.1 Å². The molecule has 0 aliphatic rings. The van der Waals surface area contributed by atoms with E-state index in [4.69, 9.17) is 11.6 Å². The number of alkyl halides is 1. The Morgan fingerprint density at radius 1 is 1.55 bits per heavy atom. The second kappa shape index (κ2) is 3.88. The smallest absolute Gasteiger partial charge is 0.151 e. The molecule has 1 nitrogen and oxygen atoms in total. The van der Waals surface area contributed by atoms with Gasteiger partial charge in [0.15, 0.2) is 6.29 Å². The van der Waals surface area contributed by atoms with Crippen LogP contribution in [0.15, 0.2) is 18.2 Å². The Balaban J connectivity index is 3.20. The van der Waals surface area contributed by atoms with Crippen molar-refractivity contribution in [2.45, 2.75) is 5.33 Å². The molecule has 0 aliphatic carbocycles. The number of halogens is 2. The predicted molar refractivity (Wildman–Crippen MR) is 49.5 cm³/mol. The van der Waals surface area contributed by atoms with E-state index in [-0.39, 0.29) is 0 Å². The molecule has 1 rings (SSSR count). The highest BCUT2D eigenvalue weighted by atomic mass is 79.9. The lowest BCUT2D eigenvalue weighted by Crippen LogP contribution is -1.86. The number of hydrogen-bond donors (Lipinski definition) is 0. The van der Waals surface area contributed by atoms with Crippen molar-refractivity contribution in [2.75, 3.05) is 0 Å². The molecule has 0 amide bonds. The van der Waals surface area contributed by atoms with Crippen LogP contribution in [0.5, 0.6) is 0 Å². The standard InChI is InChI=1S/C8H6BrClO/c9-4-6-2-1-3-7(5-11)8(6)10/h1-3,5H,4H2. The van der Waals surface area contributed by atoms with E-state index in [1.165, 1.54) is 0 Å². The van der Waals surface area contributed by atoms with Crippen LogP contribution < -0.4 is 0 Å². The molecule has 0 aliphatic heterocycles. The van der Waals surface area contributed by atoms with Crippen molar-refractivity contribution in [3.63, 3.8) is 0 Å². The van der Waals surface area contributed by atoms with Crippen LogP contribution in [0.25, 0.3) is 0 Å². The number of carbonyl (C=O) groups is 1. The Morgan fingerprint density at radius 2 is 2.27 bits per heavy atom. The van der Waals surface area contributed by atoms with Crippen LogP contribution in [-0.4, -0.2) is 6.29 Å². The van der Waals surface area contributed by atoms with Gasteiger partial charge in [-0.3, -0.25) is 4.79 Å². The first-order valence-corrected chi connectivity index (χ1v) is 4.58. The fraction of sp³-hybridized carbons (Fsp3) is 0.125. The van der Waals surface area contributed by atoms with Gasteiger partial charge < -0.3 is 0 Å². The fourth-order valence-electron chi connectivity index (χ4n) is 0.794. The molecule has 0 heterocycles. The van der Waals surface area contributed by atoms with Gasteiger partial charge in [-0.05, 0) is 5.56 Å². The maximum Gasteiger partial charge on any atom is 0.151 e. The normalized spacial score (nSPS) is 9.64. The average Bonchev–Trinajstić information content (AvgIpc) is 2.05. The van der Waals surface area contributed by atoms with Gasteiger partial charge in [0.2, 0.25) is 0 Å². The zero-order valence-corrected chi connectivity index (χ0v) is 8.02. The summed E-state index contributed by atoms with van der Waals surface area (Å²) in [5.41, 5.74) is 1.49. The zero-order valence-electron chi connectivity index (χ0n) is 5.68. The second-order valence-corrected chi connectivity index (χ2v) is 3.01. The third kappa shape index (κ3) is 1.82. The zero-order chi connectivity index (χ0) is 8.27. The molecular formula is C8H6BrClO. The summed E-state index contributed by atoms with van der Waals surface area (Å²) in [4.78, 5) is 10.4. The highest BCUT2D eigenvalue weighted by molar-refractivity contribution is 9.08. The van der Waals surface area contributed by atoms with E-state index in [0.29, 0.717) is 15.9 Å². The average molecular weight is 233 g/mol. The van der Waals surface area contributed by atoms with E-state index < -0.39 is 0 Å². The van der Waals surface area contributed by atoms with E-state index in [2.05, 4.69) is 15.9 Å². The van der Waals surface area contributed by atoms with Crippen LogP contribution in [0.4, 0.5) is 0 Å². The first-order chi connectivity index (χ1) is 5.29. The van der Waals surface area contributed by atoms with Crippen LogP contribution >= 0.6 is 27.5 Å². The molecule has 0 spiro atoms. The van der Waals surface area contributed by atoms with Crippen molar-refractivity contribution in [3.05, 3.63) is 34.3 Å². The molecule has 58 valence electrons. The van der Waals surface area contributed by atoms with Crippen LogP contribution in [0.2, 0.25) is 5.02 Å². The van der Waals surface area contributed by atoms with Crippen LogP contribution in [0.1, 0.15) is 15.9 Å². The Morgan fingerprint density at radius 3 is 2.82 bits per heavy atom. The maximum absolute atomic E-state index is 10.4. The molecular weight excluding hydrogens is 227 g/mol. The van der Waals surface area contributed by atoms with E-state index in [1.54, 1.807) is 6.07 Å². The monoisotopic (exact) mass is 232 g/mol. The molecule has 1 aromatic rings. The summed E-state index contributed by atoms with van der Waals surface area (Å²) in [6, 6.07) is 5.39. The fourth-order valence-corrected chi connectivity index (χ4v) is 1.66. The van der Waals surface area contributed by atoms with Crippen molar-refractivity contribution in [3.8, 4) is 0 Å². The van der Waals surface area contributed by atoms with Crippen LogP contribution in [-0.2, 0) is 5.33 Å². The molecule has 0 N–H and O–H groups in total. The Bertz CT molecular complexity index is 273. The molecule has 0 radical (unpaired) electrons. The van der Waals surface area contributed by atoms with Gasteiger partial charge in [0.25, 0.3) is 0 Å². The molecule has 0 atom stereocenters. The Labute approximate surface area is 78.5 Å². The third-order valence-corrected chi connectivity index (χ3v) is 2.44. The molecule has 11 heavy (non-hydrogen) atoms. The lowest BCUT2D eigenvalue weighted by Gasteiger charge is -2.00. The minimum Gasteiger partial charge on any atom is -0.298 e. The number of rotatable bonds is 2. The van der Waals surface area contributed by atoms with Crippen molar-refractivity contribution < 1.29 is 4.79 Å². The highest BCUT2D eigenvalue weighted by Crippen LogP contribution is 2.21. The Hall–Kier alpha value is -0.340. The van der Waals surface area contributed by atoms with Crippen molar-refractivity contribution in [2.24, 2.45) is 0 Å². The van der Waals surface area contributed by atoms with Crippen LogP contribution in [0, 0.1) is 0 Å². The molecule has 0 fully saturated rings. The number of benzene rings is 1. The molecule has 0 aromatic heterocycles. The third-order valence-electron chi connectivity index (χ3n) is 1.38. The van der Waals surface area contributed by atoms with Gasteiger partial charge in [-0.15, -0.1) is 0 Å².